The highest BCUT2D eigenvalue weighted by atomic mass is 19.4. The second kappa shape index (κ2) is 7.23. The number of benzene rings is 2. The summed E-state index contributed by atoms with van der Waals surface area (Å²) < 4.78 is 39.9. The quantitative estimate of drug-likeness (QED) is 0.422. The number of alkyl halides is 3. The number of hydrogen-bond donors (Lipinski definition) is 3. The number of H-pyrrole nitrogens is 1. The van der Waals surface area contributed by atoms with E-state index in [0.29, 0.717) is 24.2 Å². The van der Waals surface area contributed by atoms with Crippen molar-refractivity contribution in [1.29, 1.82) is 0 Å². The summed E-state index contributed by atoms with van der Waals surface area (Å²) in [5.41, 5.74) is 1.48. The molecule has 1 aliphatic rings. The zero-order valence-electron chi connectivity index (χ0n) is 16.8. The van der Waals surface area contributed by atoms with Gasteiger partial charge in [-0.25, -0.2) is 4.68 Å². The average molecular weight is 440 g/mol. The Bertz CT molecular complexity index is 1300. The van der Waals surface area contributed by atoms with Gasteiger partial charge in [0.1, 0.15) is 5.60 Å². The molecule has 0 atom stereocenters. The van der Waals surface area contributed by atoms with E-state index in [2.05, 4.69) is 15.4 Å². The van der Waals surface area contributed by atoms with E-state index < -0.39 is 23.2 Å². The Balaban J connectivity index is 1.42. The number of nitrogens with zero attached hydrogens (tertiary/aromatic N) is 2. The highest BCUT2D eigenvalue weighted by Gasteiger charge is 2.42. The van der Waals surface area contributed by atoms with Crippen LogP contribution in [0.1, 0.15) is 24.8 Å². The van der Waals surface area contributed by atoms with Crippen LogP contribution < -0.4 is 5.32 Å². The third-order valence-corrected chi connectivity index (χ3v) is 5.91. The first-order chi connectivity index (χ1) is 15.2. The molecule has 2 heterocycles. The summed E-state index contributed by atoms with van der Waals surface area (Å²) in [4.78, 5) is 15.5. The second-order valence-electron chi connectivity index (χ2n) is 8.02. The van der Waals surface area contributed by atoms with Crippen LogP contribution in [0.2, 0.25) is 0 Å². The SMILES string of the molecule is O=C(Nc1c[nH]c2ccc(-c3cnn(-c4ccc(C(F)(F)F)cc4)c3)cc12)C1(O)CCC1. The van der Waals surface area contributed by atoms with Crippen LogP contribution in [0.3, 0.4) is 0 Å². The normalized spacial score (nSPS) is 15.5. The molecule has 4 aromatic rings. The van der Waals surface area contributed by atoms with Gasteiger partial charge in [0.2, 0.25) is 0 Å². The molecule has 0 radical (unpaired) electrons. The maximum Gasteiger partial charge on any atom is 0.416 e. The lowest BCUT2D eigenvalue weighted by atomic mass is 9.79. The second-order valence-corrected chi connectivity index (χ2v) is 8.02. The number of aromatic nitrogens is 3. The zero-order chi connectivity index (χ0) is 22.5. The molecule has 0 spiro atoms. The molecule has 0 aliphatic heterocycles. The van der Waals surface area contributed by atoms with E-state index >= 15 is 0 Å². The number of anilines is 1. The summed E-state index contributed by atoms with van der Waals surface area (Å²) in [6, 6.07) is 10.4. The predicted octanol–water partition coefficient (Wildman–Crippen LogP) is 4.89. The molecule has 0 bridgehead atoms. The summed E-state index contributed by atoms with van der Waals surface area (Å²) in [6.07, 6.45) is 2.38. The van der Waals surface area contributed by atoms with Crippen LogP contribution in [0, 0.1) is 0 Å². The van der Waals surface area contributed by atoms with Gasteiger partial charge in [-0.15, -0.1) is 0 Å². The van der Waals surface area contributed by atoms with E-state index in [0.717, 1.165) is 40.6 Å². The van der Waals surface area contributed by atoms with E-state index in [1.807, 2.05) is 18.2 Å². The number of rotatable bonds is 4. The summed E-state index contributed by atoms with van der Waals surface area (Å²) >= 11 is 0. The number of fused-ring (bicyclic) bond motifs is 1. The molecule has 1 saturated carbocycles. The number of nitrogens with one attached hydrogen (secondary N) is 2. The van der Waals surface area contributed by atoms with Crippen LogP contribution in [0.25, 0.3) is 27.7 Å². The molecule has 2 aromatic carbocycles. The molecule has 9 heteroatoms. The van der Waals surface area contributed by atoms with Crippen molar-refractivity contribution in [3.8, 4) is 16.8 Å². The van der Waals surface area contributed by atoms with E-state index in [1.54, 1.807) is 18.6 Å². The molecular weight excluding hydrogens is 421 g/mol. The molecule has 1 fully saturated rings. The summed E-state index contributed by atoms with van der Waals surface area (Å²) in [6.45, 7) is 0. The Morgan fingerprint density at radius 2 is 1.88 bits per heavy atom. The summed E-state index contributed by atoms with van der Waals surface area (Å²) in [5, 5.41) is 18.1. The molecule has 3 N–H and O–H groups in total. The van der Waals surface area contributed by atoms with Gasteiger partial charge in [-0.2, -0.15) is 18.3 Å². The molecule has 6 nitrogen and oxygen atoms in total. The Hall–Kier alpha value is -3.59. The molecule has 32 heavy (non-hydrogen) atoms. The number of aromatic amines is 1. The van der Waals surface area contributed by atoms with Crippen molar-refractivity contribution in [3.05, 3.63) is 66.6 Å². The van der Waals surface area contributed by atoms with Crippen molar-refractivity contribution < 1.29 is 23.1 Å². The number of amides is 1. The first-order valence-electron chi connectivity index (χ1n) is 10.1. The van der Waals surface area contributed by atoms with Crippen molar-refractivity contribution in [2.24, 2.45) is 0 Å². The van der Waals surface area contributed by atoms with Gasteiger partial charge in [-0.3, -0.25) is 4.79 Å². The van der Waals surface area contributed by atoms with Crippen LogP contribution in [-0.2, 0) is 11.0 Å². The van der Waals surface area contributed by atoms with E-state index in [4.69, 9.17) is 0 Å². The molecule has 0 unspecified atom stereocenters. The Morgan fingerprint density at radius 3 is 2.53 bits per heavy atom. The van der Waals surface area contributed by atoms with Crippen LogP contribution in [0.15, 0.2) is 61.1 Å². The van der Waals surface area contributed by atoms with Crippen LogP contribution in [0.4, 0.5) is 18.9 Å². The van der Waals surface area contributed by atoms with Gasteiger partial charge in [0.05, 0.1) is 23.1 Å². The number of carbonyl (C=O) groups is 1. The van der Waals surface area contributed by atoms with Crippen molar-refractivity contribution in [3.63, 3.8) is 0 Å². The fourth-order valence-electron chi connectivity index (χ4n) is 3.80. The van der Waals surface area contributed by atoms with E-state index in [1.165, 1.54) is 16.8 Å². The minimum absolute atomic E-state index is 0.412. The maximum atomic E-state index is 12.8. The van der Waals surface area contributed by atoms with Crippen LogP contribution >= 0.6 is 0 Å². The molecule has 164 valence electrons. The highest BCUT2D eigenvalue weighted by Crippen LogP contribution is 2.35. The maximum absolute atomic E-state index is 12.8. The standard InChI is InChI=1S/C23H19F3N4O2/c24-23(25,26)16-3-5-17(6-4-16)30-13-15(11-28-30)14-2-7-19-18(10-14)20(12-27-19)29-21(31)22(32)8-1-9-22/h2-7,10-13,27,32H,1,8-9H2,(H,29,31). The molecular formula is C23H19F3N4O2. The Morgan fingerprint density at radius 1 is 1.12 bits per heavy atom. The molecule has 1 amide bonds. The Labute approximate surface area is 180 Å². The summed E-state index contributed by atoms with van der Waals surface area (Å²) in [7, 11) is 0. The highest BCUT2D eigenvalue weighted by molar-refractivity contribution is 6.05. The Kier molecular flexibility index (Phi) is 4.59. The molecule has 1 aliphatic carbocycles. The topological polar surface area (TPSA) is 82.9 Å². The first kappa shape index (κ1) is 20.3. The van der Waals surface area contributed by atoms with Gasteiger partial charge in [-0.1, -0.05) is 6.07 Å². The van der Waals surface area contributed by atoms with Gasteiger partial charge < -0.3 is 15.4 Å². The minimum Gasteiger partial charge on any atom is -0.380 e. The fraction of sp³-hybridized carbons (Fsp3) is 0.217. The third kappa shape index (κ3) is 3.54. The minimum atomic E-state index is -4.39. The van der Waals surface area contributed by atoms with Crippen LogP contribution in [0.5, 0.6) is 0 Å². The smallest absolute Gasteiger partial charge is 0.380 e. The van der Waals surface area contributed by atoms with E-state index in [-0.39, 0.29) is 0 Å². The van der Waals surface area contributed by atoms with Gasteiger partial charge >= 0.3 is 6.18 Å². The lowest BCUT2D eigenvalue weighted by Crippen LogP contribution is -2.48. The van der Waals surface area contributed by atoms with Gasteiger partial charge in [0.15, 0.2) is 0 Å². The number of aliphatic hydroxyl groups is 1. The lowest BCUT2D eigenvalue weighted by Gasteiger charge is -2.34. The van der Waals surface area contributed by atoms with E-state index in [9.17, 15) is 23.1 Å². The zero-order valence-corrected chi connectivity index (χ0v) is 16.8. The van der Waals surface area contributed by atoms with Gasteiger partial charge in [-0.05, 0) is 61.2 Å². The number of carbonyl (C=O) groups excluding carboxylic acids is 1. The predicted molar refractivity (Wildman–Crippen MR) is 113 cm³/mol. The van der Waals surface area contributed by atoms with Crippen molar-refractivity contribution in [2.45, 2.75) is 31.0 Å². The van der Waals surface area contributed by atoms with Gasteiger partial charge in [0, 0.05) is 28.9 Å². The fourth-order valence-corrected chi connectivity index (χ4v) is 3.80. The average Bonchev–Trinajstić information content (AvgIpc) is 3.39. The molecule has 0 saturated heterocycles. The largest absolute Gasteiger partial charge is 0.416 e. The lowest BCUT2D eigenvalue weighted by molar-refractivity contribution is -0.142. The molecule has 2 aromatic heterocycles. The number of halogens is 3. The van der Waals surface area contributed by atoms with Crippen molar-refractivity contribution in [2.75, 3.05) is 5.32 Å². The monoisotopic (exact) mass is 440 g/mol. The first-order valence-corrected chi connectivity index (χ1v) is 10.1. The van der Waals surface area contributed by atoms with Crippen molar-refractivity contribution in [1.82, 2.24) is 14.8 Å². The van der Waals surface area contributed by atoms with Crippen molar-refractivity contribution >= 4 is 22.5 Å². The van der Waals surface area contributed by atoms with Gasteiger partial charge in [0.25, 0.3) is 5.91 Å². The van der Waals surface area contributed by atoms with Crippen LogP contribution in [-0.4, -0.2) is 31.4 Å². The third-order valence-electron chi connectivity index (χ3n) is 5.91. The number of hydrogen-bond acceptors (Lipinski definition) is 3. The summed E-state index contributed by atoms with van der Waals surface area (Å²) in [5.74, 6) is -0.412. The molecule has 5 rings (SSSR count).